The lowest BCUT2D eigenvalue weighted by atomic mass is 10.1. The van der Waals surface area contributed by atoms with Gasteiger partial charge in [-0.25, -0.2) is 9.59 Å². The van der Waals surface area contributed by atoms with Gasteiger partial charge in [-0.3, -0.25) is 10.1 Å². The average molecular weight is 446 g/mol. The fourth-order valence-electron chi connectivity index (χ4n) is 2.84. The standard InChI is InChI=1S/C21H22N2O9/c1-27-15-10-17(29-3)16(28-2)9-13(15)20(25)32-11-19(24)23-21(26)22-12-4-5-14-18(8-12)31-7-6-30-14/h4-5,8-10H,6-7,11H2,1-3H3,(H2,22,23,24,26). The van der Waals surface area contributed by atoms with E-state index >= 15 is 0 Å². The number of nitrogens with one attached hydrogen (secondary N) is 2. The first-order valence-electron chi connectivity index (χ1n) is 9.42. The summed E-state index contributed by atoms with van der Waals surface area (Å²) in [5.41, 5.74) is 0.422. The Balaban J connectivity index is 1.55. The van der Waals surface area contributed by atoms with Crippen LogP contribution in [0.3, 0.4) is 0 Å². The summed E-state index contributed by atoms with van der Waals surface area (Å²) >= 11 is 0. The normalized spacial score (nSPS) is 11.7. The predicted molar refractivity (Wildman–Crippen MR) is 111 cm³/mol. The van der Waals surface area contributed by atoms with E-state index in [1.54, 1.807) is 18.2 Å². The molecule has 0 aromatic heterocycles. The Hall–Kier alpha value is -4.15. The second-order valence-corrected chi connectivity index (χ2v) is 6.34. The predicted octanol–water partition coefficient (Wildman–Crippen LogP) is 1.99. The number of fused-ring (bicyclic) bond motifs is 1. The maximum atomic E-state index is 12.4. The number of urea groups is 1. The molecule has 0 fully saturated rings. The molecule has 0 bridgehead atoms. The number of carbonyl (C=O) groups excluding carboxylic acids is 3. The third kappa shape index (κ3) is 5.31. The molecule has 1 aliphatic rings. The molecule has 0 unspecified atom stereocenters. The number of benzene rings is 2. The van der Waals surface area contributed by atoms with Gasteiger partial charge in [0.05, 0.1) is 21.3 Å². The van der Waals surface area contributed by atoms with Crippen molar-refractivity contribution in [3.05, 3.63) is 35.9 Å². The van der Waals surface area contributed by atoms with E-state index in [1.165, 1.54) is 33.5 Å². The van der Waals surface area contributed by atoms with Crippen LogP contribution in [0.25, 0.3) is 0 Å². The van der Waals surface area contributed by atoms with Crippen molar-refractivity contribution in [3.8, 4) is 28.7 Å². The van der Waals surface area contributed by atoms with Gasteiger partial charge >= 0.3 is 12.0 Å². The van der Waals surface area contributed by atoms with Crippen LogP contribution in [0.1, 0.15) is 10.4 Å². The number of imide groups is 1. The molecule has 170 valence electrons. The van der Waals surface area contributed by atoms with Gasteiger partial charge in [-0.1, -0.05) is 0 Å². The van der Waals surface area contributed by atoms with Gasteiger partial charge < -0.3 is 33.7 Å². The lowest BCUT2D eigenvalue weighted by molar-refractivity contribution is -0.123. The molecule has 11 nitrogen and oxygen atoms in total. The minimum Gasteiger partial charge on any atom is -0.496 e. The van der Waals surface area contributed by atoms with E-state index in [-0.39, 0.29) is 17.1 Å². The van der Waals surface area contributed by atoms with Crippen LogP contribution in [0.15, 0.2) is 30.3 Å². The van der Waals surface area contributed by atoms with Crippen molar-refractivity contribution in [1.82, 2.24) is 5.32 Å². The molecule has 0 saturated heterocycles. The van der Waals surface area contributed by atoms with Gasteiger partial charge in [-0.2, -0.15) is 0 Å². The lowest BCUT2D eigenvalue weighted by Crippen LogP contribution is -2.37. The van der Waals surface area contributed by atoms with Crippen molar-refractivity contribution in [2.45, 2.75) is 0 Å². The molecule has 0 saturated carbocycles. The van der Waals surface area contributed by atoms with E-state index in [4.69, 9.17) is 28.4 Å². The first-order valence-corrected chi connectivity index (χ1v) is 9.42. The van der Waals surface area contributed by atoms with Gasteiger partial charge in [0.25, 0.3) is 5.91 Å². The molecule has 0 spiro atoms. The molecule has 3 amide bonds. The summed E-state index contributed by atoms with van der Waals surface area (Å²) in [4.78, 5) is 36.5. The Labute approximate surface area is 183 Å². The Morgan fingerprint density at radius 1 is 0.875 bits per heavy atom. The van der Waals surface area contributed by atoms with Crippen molar-refractivity contribution in [2.75, 3.05) is 46.5 Å². The summed E-state index contributed by atoms with van der Waals surface area (Å²) in [6, 6.07) is 6.84. The van der Waals surface area contributed by atoms with Crippen LogP contribution in [0.5, 0.6) is 28.7 Å². The summed E-state index contributed by atoms with van der Waals surface area (Å²) in [6.45, 7) is 0.158. The zero-order valence-corrected chi connectivity index (χ0v) is 17.7. The van der Waals surface area contributed by atoms with Crippen LogP contribution in [-0.2, 0) is 9.53 Å². The number of rotatable bonds is 7. The summed E-state index contributed by atoms with van der Waals surface area (Å²) in [5.74, 6) is 0.189. The first-order chi connectivity index (χ1) is 15.4. The Kier molecular flexibility index (Phi) is 7.21. The highest BCUT2D eigenvalue weighted by atomic mass is 16.6. The molecule has 2 N–H and O–H groups in total. The Morgan fingerprint density at radius 2 is 1.53 bits per heavy atom. The highest BCUT2D eigenvalue weighted by Crippen LogP contribution is 2.35. The van der Waals surface area contributed by atoms with E-state index < -0.39 is 24.5 Å². The van der Waals surface area contributed by atoms with Crippen molar-refractivity contribution in [2.24, 2.45) is 0 Å². The van der Waals surface area contributed by atoms with Crippen molar-refractivity contribution >= 4 is 23.6 Å². The second kappa shape index (κ2) is 10.2. The summed E-state index contributed by atoms with van der Waals surface area (Å²) in [7, 11) is 4.22. The van der Waals surface area contributed by atoms with E-state index in [9.17, 15) is 14.4 Å². The highest BCUT2D eigenvalue weighted by Gasteiger charge is 2.20. The number of anilines is 1. The van der Waals surface area contributed by atoms with E-state index in [0.717, 1.165) is 0 Å². The smallest absolute Gasteiger partial charge is 0.342 e. The molecule has 1 aliphatic heterocycles. The highest BCUT2D eigenvalue weighted by molar-refractivity contribution is 6.02. The Bertz CT molecular complexity index is 1020. The van der Waals surface area contributed by atoms with Crippen LogP contribution in [0, 0.1) is 0 Å². The molecular weight excluding hydrogens is 424 g/mol. The quantitative estimate of drug-likeness (QED) is 0.613. The molecule has 0 radical (unpaired) electrons. The van der Waals surface area contributed by atoms with Gasteiger partial charge in [-0.15, -0.1) is 0 Å². The van der Waals surface area contributed by atoms with Crippen LogP contribution in [0.2, 0.25) is 0 Å². The third-order valence-electron chi connectivity index (χ3n) is 4.31. The summed E-state index contributed by atoms with van der Waals surface area (Å²) in [5, 5.41) is 4.56. The number of hydrogen-bond acceptors (Lipinski definition) is 9. The van der Waals surface area contributed by atoms with Gasteiger partial charge in [0.1, 0.15) is 24.5 Å². The van der Waals surface area contributed by atoms with Crippen LogP contribution in [0.4, 0.5) is 10.5 Å². The Morgan fingerprint density at radius 3 is 2.22 bits per heavy atom. The summed E-state index contributed by atoms with van der Waals surface area (Å²) < 4.78 is 31.3. The SMILES string of the molecule is COc1cc(OC)c(C(=O)OCC(=O)NC(=O)Nc2ccc3c(c2)OCCO3)cc1OC. The van der Waals surface area contributed by atoms with Crippen molar-refractivity contribution < 1.29 is 42.8 Å². The number of amides is 3. The van der Waals surface area contributed by atoms with Crippen LogP contribution >= 0.6 is 0 Å². The minimum absolute atomic E-state index is 0.0266. The van der Waals surface area contributed by atoms with Gasteiger partial charge in [0, 0.05) is 23.9 Å². The molecule has 0 aliphatic carbocycles. The zero-order chi connectivity index (χ0) is 23.1. The van der Waals surface area contributed by atoms with Gasteiger partial charge in [0.15, 0.2) is 29.6 Å². The monoisotopic (exact) mass is 446 g/mol. The summed E-state index contributed by atoms with van der Waals surface area (Å²) in [6.07, 6.45) is 0. The minimum atomic E-state index is -0.842. The third-order valence-corrected chi connectivity index (χ3v) is 4.31. The molecule has 11 heteroatoms. The number of carbonyl (C=O) groups is 3. The lowest BCUT2D eigenvalue weighted by Gasteiger charge is -2.19. The maximum Gasteiger partial charge on any atom is 0.342 e. The fraction of sp³-hybridized carbons (Fsp3) is 0.286. The van der Waals surface area contributed by atoms with Crippen LogP contribution < -0.4 is 34.3 Å². The maximum absolute atomic E-state index is 12.4. The fourth-order valence-corrected chi connectivity index (χ4v) is 2.84. The average Bonchev–Trinajstić information content (AvgIpc) is 2.81. The first kappa shape index (κ1) is 22.5. The number of hydrogen-bond donors (Lipinski definition) is 2. The van der Waals surface area contributed by atoms with E-state index in [1.807, 2.05) is 0 Å². The largest absolute Gasteiger partial charge is 0.496 e. The second-order valence-electron chi connectivity index (χ2n) is 6.34. The molecule has 2 aromatic rings. The van der Waals surface area contributed by atoms with Crippen molar-refractivity contribution in [1.29, 1.82) is 0 Å². The van der Waals surface area contributed by atoms with Crippen LogP contribution in [-0.4, -0.2) is 59.1 Å². The van der Waals surface area contributed by atoms with E-state index in [0.29, 0.717) is 36.1 Å². The number of ether oxygens (including phenoxy) is 6. The molecule has 0 atom stereocenters. The van der Waals surface area contributed by atoms with Crippen molar-refractivity contribution in [3.63, 3.8) is 0 Å². The molecular formula is C21H22N2O9. The number of methoxy groups -OCH3 is 3. The number of esters is 1. The van der Waals surface area contributed by atoms with Gasteiger partial charge in [-0.05, 0) is 12.1 Å². The van der Waals surface area contributed by atoms with E-state index in [2.05, 4.69) is 10.6 Å². The molecule has 2 aromatic carbocycles. The molecule has 32 heavy (non-hydrogen) atoms. The molecule has 1 heterocycles. The topological polar surface area (TPSA) is 131 Å². The molecule has 3 rings (SSSR count). The van der Waals surface area contributed by atoms with Gasteiger partial charge in [0.2, 0.25) is 0 Å². The zero-order valence-electron chi connectivity index (χ0n) is 17.7.